The highest BCUT2D eigenvalue weighted by atomic mass is 35.5. The fourth-order valence-electron chi connectivity index (χ4n) is 2.30. The predicted molar refractivity (Wildman–Crippen MR) is 67.7 cm³/mol. The third-order valence-corrected chi connectivity index (χ3v) is 3.45. The van der Waals surface area contributed by atoms with Crippen molar-refractivity contribution >= 4 is 23.1 Å². The Balaban J connectivity index is 2.20. The van der Waals surface area contributed by atoms with Crippen LogP contribution in [0.2, 0.25) is 5.02 Å². The van der Waals surface area contributed by atoms with E-state index in [0.717, 1.165) is 19.3 Å². The number of rotatable bonds is 4. The minimum Gasteiger partial charge on any atom is -0.396 e. The summed E-state index contributed by atoms with van der Waals surface area (Å²) in [5.41, 5.74) is -0.133. The van der Waals surface area contributed by atoms with E-state index in [9.17, 15) is 15.2 Å². The summed E-state index contributed by atoms with van der Waals surface area (Å²) < 4.78 is 0. The van der Waals surface area contributed by atoms with Crippen molar-refractivity contribution in [2.75, 3.05) is 11.9 Å². The van der Waals surface area contributed by atoms with E-state index in [0.29, 0.717) is 0 Å². The highest BCUT2D eigenvalue weighted by Gasteiger charge is 2.29. The SMILES string of the molecule is O=[N+]([O-])c1cc(Cl)cnc1NC1CCCC1CO. The largest absolute Gasteiger partial charge is 0.396 e. The van der Waals surface area contributed by atoms with Gasteiger partial charge < -0.3 is 10.4 Å². The summed E-state index contributed by atoms with van der Waals surface area (Å²) in [6, 6.07) is 1.31. The van der Waals surface area contributed by atoms with Gasteiger partial charge in [0.1, 0.15) is 0 Å². The van der Waals surface area contributed by atoms with Gasteiger partial charge in [0.15, 0.2) is 0 Å². The van der Waals surface area contributed by atoms with Gasteiger partial charge >= 0.3 is 5.69 Å². The zero-order chi connectivity index (χ0) is 13.1. The molecule has 0 amide bonds. The zero-order valence-electron chi connectivity index (χ0n) is 9.67. The second kappa shape index (κ2) is 5.49. The summed E-state index contributed by atoms with van der Waals surface area (Å²) in [5, 5.41) is 23.4. The number of hydrogen-bond donors (Lipinski definition) is 2. The second-order valence-electron chi connectivity index (χ2n) is 4.40. The molecule has 2 atom stereocenters. The number of aromatic nitrogens is 1. The van der Waals surface area contributed by atoms with Crippen LogP contribution in [0.1, 0.15) is 19.3 Å². The van der Waals surface area contributed by atoms with Crippen molar-refractivity contribution in [3.8, 4) is 0 Å². The molecule has 0 saturated heterocycles. The smallest absolute Gasteiger partial charge is 0.312 e. The summed E-state index contributed by atoms with van der Waals surface area (Å²) in [4.78, 5) is 14.4. The molecule has 1 aromatic heterocycles. The van der Waals surface area contributed by atoms with Crippen molar-refractivity contribution in [3.63, 3.8) is 0 Å². The van der Waals surface area contributed by atoms with E-state index in [2.05, 4.69) is 10.3 Å². The van der Waals surface area contributed by atoms with Gasteiger partial charge in [-0.15, -0.1) is 0 Å². The van der Waals surface area contributed by atoms with Crippen LogP contribution in [-0.2, 0) is 0 Å². The maximum atomic E-state index is 10.9. The fourth-order valence-corrected chi connectivity index (χ4v) is 2.45. The molecular weight excluding hydrogens is 258 g/mol. The Hall–Kier alpha value is -1.40. The Labute approximate surface area is 109 Å². The molecule has 98 valence electrons. The molecule has 0 spiro atoms. The molecule has 2 unspecified atom stereocenters. The van der Waals surface area contributed by atoms with Crippen LogP contribution in [-0.4, -0.2) is 27.7 Å². The van der Waals surface area contributed by atoms with Gasteiger partial charge in [0.25, 0.3) is 0 Å². The van der Waals surface area contributed by atoms with Gasteiger partial charge in [0, 0.05) is 30.8 Å². The third kappa shape index (κ3) is 2.70. The first-order chi connectivity index (χ1) is 8.61. The van der Waals surface area contributed by atoms with Crippen molar-refractivity contribution in [2.24, 2.45) is 5.92 Å². The number of aliphatic hydroxyl groups excluding tert-OH is 1. The summed E-state index contributed by atoms with van der Waals surface area (Å²) in [6.45, 7) is 0.0824. The summed E-state index contributed by atoms with van der Waals surface area (Å²) >= 11 is 5.70. The summed E-state index contributed by atoms with van der Waals surface area (Å²) in [6.07, 6.45) is 4.19. The standard InChI is InChI=1S/C11H14ClN3O3/c12-8-4-10(15(17)18)11(13-5-8)14-9-3-1-2-7(9)6-16/h4-5,7,9,16H,1-3,6H2,(H,13,14). The highest BCUT2D eigenvalue weighted by molar-refractivity contribution is 6.30. The molecule has 1 aliphatic rings. The van der Waals surface area contributed by atoms with Gasteiger partial charge in [-0.1, -0.05) is 18.0 Å². The van der Waals surface area contributed by atoms with Gasteiger partial charge in [-0.3, -0.25) is 10.1 Å². The molecule has 0 aliphatic heterocycles. The number of hydrogen-bond acceptors (Lipinski definition) is 5. The minimum absolute atomic E-state index is 0.0300. The Morgan fingerprint density at radius 3 is 3.06 bits per heavy atom. The molecule has 6 nitrogen and oxygen atoms in total. The number of anilines is 1. The van der Waals surface area contributed by atoms with E-state index in [1.165, 1.54) is 12.3 Å². The van der Waals surface area contributed by atoms with Crippen molar-refractivity contribution in [2.45, 2.75) is 25.3 Å². The van der Waals surface area contributed by atoms with Gasteiger partial charge in [0.2, 0.25) is 5.82 Å². The van der Waals surface area contributed by atoms with Crippen molar-refractivity contribution in [1.82, 2.24) is 4.98 Å². The molecule has 2 rings (SSSR count). The predicted octanol–water partition coefficient (Wildman–Crippen LogP) is 2.22. The number of nitrogens with one attached hydrogen (secondary N) is 1. The van der Waals surface area contributed by atoms with Crippen molar-refractivity contribution < 1.29 is 10.0 Å². The quantitative estimate of drug-likeness (QED) is 0.647. The summed E-state index contributed by atoms with van der Waals surface area (Å²) in [5.74, 6) is 0.344. The zero-order valence-corrected chi connectivity index (χ0v) is 10.4. The molecule has 7 heteroatoms. The van der Waals surface area contributed by atoms with Crippen LogP contribution >= 0.6 is 11.6 Å². The number of pyridine rings is 1. The number of nitro groups is 1. The molecule has 1 aromatic rings. The Bertz CT molecular complexity index is 455. The first kappa shape index (κ1) is 13.0. The average molecular weight is 272 g/mol. The molecule has 1 aliphatic carbocycles. The molecule has 1 heterocycles. The Morgan fingerprint density at radius 1 is 1.61 bits per heavy atom. The van der Waals surface area contributed by atoms with Gasteiger partial charge in [-0.25, -0.2) is 4.98 Å². The Kier molecular flexibility index (Phi) is 3.98. The van der Waals surface area contributed by atoms with Gasteiger partial charge in [0.05, 0.1) is 9.95 Å². The number of halogens is 1. The van der Waals surface area contributed by atoms with E-state index in [1.807, 2.05) is 0 Å². The van der Waals surface area contributed by atoms with Crippen LogP contribution in [0.3, 0.4) is 0 Å². The van der Waals surface area contributed by atoms with Gasteiger partial charge in [-0.05, 0) is 12.8 Å². The summed E-state index contributed by atoms with van der Waals surface area (Å²) in [7, 11) is 0. The van der Waals surface area contributed by atoms with Crippen LogP contribution in [0, 0.1) is 16.0 Å². The second-order valence-corrected chi connectivity index (χ2v) is 4.84. The van der Waals surface area contributed by atoms with Crippen LogP contribution in [0.25, 0.3) is 0 Å². The minimum atomic E-state index is -0.510. The number of nitrogens with zero attached hydrogens (tertiary/aromatic N) is 2. The lowest BCUT2D eigenvalue weighted by molar-refractivity contribution is -0.384. The Morgan fingerprint density at radius 2 is 2.39 bits per heavy atom. The van der Waals surface area contributed by atoms with Crippen LogP contribution < -0.4 is 5.32 Å². The molecule has 2 N–H and O–H groups in total. The van der Waals surface area contributed by atoms with Gasteiger partial charge in [-0.2, -0.15) is 0 Å². The molecule has 0 bridgehead atoms. The lowest BCUT2D eigenvalue weighted by Crippen LogP contribution is -2.27. The van der Waals surface area contributed by atoms with E-state index in [4.69, 9.17) is 11.6 Å². The molecule has 18 heavy (non-hydrogen) atoms. The number of aliphatic hydroxyl groups is 1. The molecule has 0 radical (unpaired) electrons. The third-order valence-electron chi connectivity index (χ3n) is 3.25. The highest BCUT2D eigenvalue weighted by Crippen LogP contribution is 2.31. The lowest BCUT2D eigenvalue weighted by Gasteiger charge is -2.19. The van der Waals surface area contributed by atoms with Crippen LogP contribution in [0.4, 0.5) is 11.5 Å². The fraction of sp³-hybridized carbons (Fsp3) is 0.545. The lowest BCUT2D eigenvalue weighted by atomic mass is 10.1. The van der Waals surface area contributed by atoms with E-state index < -0.39 is 4.92 Å². The molecule has 0 aromatic carbocycles. The first-order valence-electron chi connectivity index (χ1n) is 5.79. The van der Waals surface area contributed by atoms with E-state index >= 15 is 0 Å². The van der Waals surface area contributed by atoms with Crippen LogP contribution in [0.15, 0.2) is 12.3 Å². The molecule has 1 fully saturated rings. The molecular formula is C11H14ClN3O3. The van der Waals surface area contributed by atoms with Crippen molar-refractivity contribution in [3.05, 3.63) is 27.4 Å². The van der Waals surface area contributed by atoms with Crippen molar-refractivity contribution in [1.29, 1.82) is 0 Å². The van der Waals surface area contributed by atoms with E-state index in [1.54, 1.807) is 0 Å². The molecule has 1 saturated carbocycles. The topological polar surface area (TPSA) is 88.3 Å². The normalized spacial score (nSPS) is 23.0. The monoisotopic (exact) mass is 271 g/mol. The van der Waals surface area contributed by atoms with Crippen LogP contribution in [0.5, 0.6) is 0 Å². The first-order valence-corrected chi connectivity index (χ1v) is 6.17. The average Bonchev–Trinajstić information content (AvgIpc) is 2.78. The van der Waals surface area contributed by atoms with E-state index in [-0.39, 0.29) is 35.1 Å². The maximum Gasteiger partial charge on any atom is 0.312 e. The maximum absolute atomic E-state index is 10.9.